The van der Waals surface area contributed by atoms with Crippen molar-refractivity contribution in [2.75, 3.05) is 26.8 Å². The summed E-state index contributed by atoms with van der Waals surface area (Å²) in [6, 6.07) is 8.03. The van der Waals surface area contributed by atoms with Crippen molar-refractivity contribution in [3.8, 4) is 0 Å². The van der Waals surface area contributed by atoms with Crippen LogP contribution in [0.15, 0.2) is 24.3 Å². The van der Waals surface area contributed by atoms with Crippen LogP contribution in [0.3, 0.4) is 0 Å². The van der Waals surface area contributed by atoms with Gasteiger partial charge in [0.25, 0.3) is 0 Å². The molecule has 1 fully saturated rings. The molecule has 1 heterocycles. The van der Waals surface area contributed by atoms with Crippen LogP contribution in [-0.4, -0.2) is 37.7 Å². The van der Waals surface area contributed by atoms with E-state index in [9.17, 15) is 4.79 Å². The number of ether oxygens (including phenoxy) is 1. The highest BCUT2D eigenvalue weighted by molar-refractivity contribution is 6.30. The Balaban J connectivity index is 2.03. The van der Waals surface area contributed by atoms with Gasteiger partial charge in [-0.2, -0.15) is 0 Å². The summed E-state index contributed by atoms with van der Waals surface area (Å²) in [5.74, 6) is 0. The number of carbonyl (C=O) groups excluding carboxylic acids is 1. The van der Waals surface area contributed by atoms with Crippen molar-refractivity contribution < 1.29 is 9.53 Å². The molecule has 4 nitrogen and oxygen atoms in total. The average Bonchev–Trinajstić information content (AvgIpc) is 2.78. The van der Waals surface area contributed by atoms with Crippen LogP contribution in [0.25, 0.3) is 0 Å². The normalized spacial score (nSPS) is 18.8. The van der Waals surface area contributed by atoms with E-state index in [4.69, 9.17) is 16.3 Å². The Morgan fingerprint density at radius 2 is 2.09 bits per heavy atom. The van der Waals surface area contributed by atoms with Crippen LogP contribution in [-0.2, 0) is 4.74 Å². The van der Waals surface area contributed by atoms with Crippen molar-refractivity contribution in [2.24, 2.45) is 0 Å². The molecule has 1 aliphatic heterocycles. The third-order valence-electron chi connectivity index (χ3n) is 4.07. The van der Waals surface area contributed by atoms with Gasteiger partial charge >= 0.3 is 6.03 Å². The summed E-state index contributed by atoms with van der Waals surface area (Å²) in [7, 11) is 1.67. The highest BCUT2D eigenvalue weighted by atomic mass is 35.5. The monoisotopic (exact) mass is 324 g/mol. The molecule has 2 rings (SSSR count). The lowest BCUT2D eigenvalue weighted by atomic mass is 10.0. The summed E-state index contributed by atoms with van der Waals surface area (Å²) >= 11 is 5.98. The Hall–Kier alpha value is -1.26. The van der Waals surface area contributed by atoms with Crippen LogP contribution in [0.1, 0.15) is 43.7 Å². The number of benzene rings is 1. The molecule has 0 aromatic heterocycles. The number of halogens is 1. The number of methoxy groups -OCH3 is 1. The number of rotatable bonds is 5. The van der Waals surface area contributed by atoms with Gasteiger partial charge in [-0.1, -0.05) is 36.6 Å². The molecule has 1 aromatic carbocycles. The van der Waals surface area contributed by atoms with Gasteiger partial charge in [0.2, 0.25) is 0 Å². The summed E-state index contributed by atoms with van der Waals surface area (Å²) < 4.78 is 5.01. The molecule has 122 valence electrons. The molecule has 22 heavy (non-hydrogen) atoms. The fraction of sp³-hybridized carbons (Fsp3) is 0.588. The summed E-state index contributed by atoms with van der Waals surface area (Å²) in [5.41, 5.74) is 1.17. The highest BCUT2D eigenvalue weighted by Crippen LogP contribution is 2.30. The van der Waals surface area contributed by atoms with E-state index in [0.29, 0.717) is 13.2 Å². The topological polar surface area (TPSA) is 41.6 Å². The number of amides is 2. The number of nitrogens with zero attached hydrogens (tertiary/aromatic N) is 1. The third-order valence-corrected chi connectivity index (χ3v) is 4.32. The fourth-order valence-corrected chi connectivity index (χ4v) is 3.02. The number of nitrogens with one attached hydrogen (secondary N) is 1. The molecule has 2 amide bonds. The maximum absolute atomic E-state index is 12.5. The van der Waals surface area contributed by atoms with Crippen LogP contribution in [0.5, 0.6) is 0 Å². The summed E-state index contributed by atoms with van der Waals surface area (Å²) in [6.45, 7) is 2.13. The first-order valence-electron chi connectivity index (χ1n) is 8.01. The van der Waals surface area contributed by atoms with Crippen LogP contribution in [0.2, 0.25) is 5.02 Å². The van der Waals surface area contributed by atoms with E-state index in [0.717, 1.165) is 37.3 Å². The number of carbonyl (C=O) groups is 1. The summed E-state index contributed by atoms with van der Waals surface area (Å²) in [5, 5.41) is 3.74. The van der Waals surface area contributed by atoms with Gasteiger partial charge in [0, 0.05) is 31.8 Å². The molecule has 0 radical (unpaired) electrons. The second-order valence-corrected chi connectivity index (χ2v) is 6.12. The molecule has 1 atom stereocenters. The van der Waals surface area contributed by atoms with Crippen LogP contribution >= 0.6 is 11.6 Å². The number of urea groups is 1. The second kappa shape index (κ2) is 9.01. The van der Waals surface area contributed by atoms with E-state index in [1.807, 2.05) is 29.2 Å². The van der Waals surface area contributed by atoms with E-state index in [1.54, 1.807) is 7.11 Å². The molecule has 0 spiro atoms. The molecule has 1 aromatic rings. The maximum Gasteiger partial charge on any atom is 0.317 e. The van der Waals surface area contributed by atoms with E-state index < -0.39 is 0 Å². The SMILES string of the molecule is COCCCNC(=O)N1CCCCC[C@@H]1c1ccc(Cl)cc1. The van der Waals surface area contributed by atoms with E-state index in [-0.39, 0.29) is 12.1 Å². The van der Waals surface area contributed by atoms with Crippen LogP contribution < -0.4 is 5.32 Å². The zero-order chi connectivity index (χ0) is 15.8. The largest absolute Gasteiger partial charge is 0.385 e. The average molecular weight is 325 g/mol. The van der Waals surface area contributed by atoms with E-state index in [2.05, 4.69) is 5.32 Å². The molecule has 1 aliphatic rings. The highest BCUT2D eigenvalue weighted by Gasteiger charge is 2.26. The smallest absolute Gasteiger partial charge is 0.317 e. The minimum atomic E-state index is 0.0259. The molecular weight excluding hydrogens is 300 g/mol. The van der Waals surface area contributed by atoms with Gasteiger partial charge in [-0.3, -0.25) is 0 Å². The summed E-state index contributed by atoms with van der Waals surface area (Å²) in [6.07, 6.45) is 5.24. The van der Waals surface area contributed by atoms with Gasteiger partial charge in [-0.15, -0.1) is 0 Å². The Kier molecular flexibility index (Phi) is 7.00. The maximum atomic E-state index is 12.5. The van der Waals surface area contributed by atoms with Crippen molar-refractivity contribution >= 4 is 17.6 Å². The zero-order valence-corrected chi connectivity index (χ0v) is 13.9. The van der Waals surface area contributed by atoms with Crippen molar-refractivity contribution in [1.29, 1.82) is 0 Å². The van der Waals surface area contributed by atoms with Gasteiger partial charge in [0.15, 0.2) is 0 Å². The molecule has 0 aliphatic carbocycles. The zero-order valence-electron chi connectivity index (χ0n) is 13.2. The van der Waals surface area contributed by atoms with Gasteiger partial charge < -0.3 is 15.0 Å². The number of hydrogen-bond acceptors (Lipinski definition) is 2. The van der Waals surface area contributed by atoms with Gasteiger partial charge in [0.05, 0.1) is 6.04 Å². The standard InChI is InChI=1S/C17H25ClN2O2/c1-22-13-5-11-19-17(21)20-12-4-2-3-6-16(20)14-7-9-15(18)10-8-14/h7-10,16H,2-6,11-13H2,1H3,(H,19,21)/t16-/m1/s1. The number of likely N-dealkylation sites (tertiary alicyclic amines) is 1. The van der Waals surface area contributed by atoms with Crippen molar-refractivity contribution in [2.45, 2.75) is 38.1 Å². The first-order chi connectivity index (χ1) is 10.7. The lowest BCUT2D eigenvalue weighted by Gasteiger charge is -2.30. The predicted octanol–water partition coefficient (Wildman–Crippen LogP) is 4.00. The van der Waals surface area contributed by atoms with Gasteiger partial charge in [-0.25, -0.2) is 4.79 Å². The molecule has 1 saturated heterocycles. The van der Waals surface area contributed by atoms with E-state index in [1.165, 1.54) is 12.0 Å². The third kappa shape index (κ3) is 4.89. The predicted molar refractivity (Wildman–Crippen MR) is 89.3 cm³/mol. The molecular formula is C17H25ClN2O2. The minimum absolute atomic E-state index is 0.0259. The van der Waals surface area contributed by atoms with Crippen molar-refractivity contribution in [1.82, 2.24) is 10.2 Å². The van der Waals surface area contributed by atoms with Gasteiger partial charge in [0.1, 0.15) is 0 Å². The Morgan fingerprint density at radius 1 is 1.32 bits per heavy atom. The van der Waals surface area contributed by atoms with Crippen molar-refractivity contribution in [3.05, 3.63) is 34.9 Å². The Bertz CT molecular complexity index is 464. The molecule has 5 heteroatoms. The van der Waals surface area contributed by atoms with Crippen LogP contribution in [0.4, 0.5) is 4.79 Å². The first kappa shape index (κ1) is 17.1. The Morgan fingerprint density at radius 3 is 2.82 bits per heavy atom. The van der Waals surface area contributed by atoms with Crippen molar-refractivity contribution in [3.63, 3.8) is 0 Å². The summed E-state index contributed by atoms with van der Waals surface area (Å²) in [4.78, 5) is 14.5. The van der Waals surface area contributed by atoms with Gasteiger partial charge in [-0.05, 0) is 37.0 Å². The lowest BCUT2D eigenvalue weighted by Crippen LogP contribution is -2.42. The van der Waals surface area contributed by atoms with Crippen LogP contribution in [0, 0.1) is 0 Å². The van der Waals surface area contributed by atoms with E-state index >= 15 is 0 Å². The fourth-order valence-electron chi connectivity index (χ4n) is 2.90. The molecule has 0 bridgehead atoms. The quantitative estimate of drug-likeness (QED) is 0.832. The second-order valence-electron chi connectivity index (χ2n) is 5.69. The molecule has 0 unspecified atom stereocenters. The molecule has 0 saturated carbocycles. The first-order valence-corrected chi connectivity index (χ1v) is 8.39. The lowest BCUT2D eigenvalue weighted by molar-refractivity contribution is 0.170. The molecule has 1 N–H and O–H groups in total. The number of hydrogen-bond donors (Lipinski definition) is 1. The Labute approximate surface area is 137 Å². The minimum Gasteiger partial charge on any atom is -0.385 e.